The van der Waals surface area contributed by atoms with Crippen LogP contribution in [0.4, 0.5) is 0 Å². The largest absolute Gasteiger partial charge is 0.356 e. The molecule has 23 heavy (non-hydrogen) atoms. The minimum atomic E-state index is 0.431. The Labute approximate surface area is 143 Å². The molecule has 1 aromatic heterocycles. The van der Waals surface area contributed by atoms with E-state index in [4.69, 9.17) is 0 Å². The summed E-state index contributed by atoms with van der Waals surface area (Å²) in [7, 11) is 1.80. The summed E-state index contributed by atoms with van der Waals surface area (Å²) in [6, 6.07) is 8.71. The van der Waals surface area contributed by atoms with Crippen LogP contribution < -0.4 is 10.6 Å². The highest BCUT2D eigenvalue weighted by Crippen LogP contribution is 2.14. The minimum absolute atomic E-state index is 0.431. The van der Waals surface area contributed by atoms with Crippen LogP contribution in [0, 0.1) is 6.92 Å². The van der Waals surface area contributed by atoms with Crippen LogP contribution in [0.2, 0.25) is 0 Å². The maximum absolute atomic E-state index is 4.56. The molecule has 0 saturated heterocycles. The molecule has 1 heterocycles. The number of aromatic nitrogens is 1. The molecule has 2 rings (SSSR count). The molecule has 4 nitrogen and oxygen atoms in total. The molecule has 124 valence electrons. The summed E-state index contributed by atoms with van der Waals surface area (Å²) in [5.41, 5.74) is 3.70. The molecule has 1 atom stereocenters. The van der Waals surface area contributed by atoms with E-state index in [2.05, 4.69) is 71.0 Å². The van der Waals surface area contributed by atoms with Gasteiger partial charge in [-0.15, -0.1) is 11.3 Å². The Hall–Kier alpha value is -1.88. The van der Waals surface area contributed by atoms with Gasteiger partial charge in [-0.25, -0.2) is 4.98 Å². The molecule has 0 aliphatic heterocycles. The zero-order valence-corrected chi connectivity index (χ0v) is 15.2. The van der Waals surface area contributed by atoms with Gasteiger partial charge in [-0.1, -0.05) is 43.7 Å². The van der Waals surface area contributed by atoms with Crippen molar-refractivity contribution in [1.82, 2.24) is 15.6 Å². The molecule has 2 aromatic rings. The molecule has 0 bridgehead atoms. The second-order valence-electron chi connectivity index (χ2n) is 5.70. The van der Waals surface area contributed by atoms with Gasteiger partial charge in [0.2, 0.25) is 0 Å². The van der Waals surface area contributed by atoms with Gasteiger partial charge in [0, 0.05) is 19.0 Å². The Morgan fingerprint density at radius 3 is 2.61 bits per heavy atom. The van der Waals surface area contributed by atoms with Gasteiger partial charge in [0.15, 0.2) is 5.96 Å². The highest BCUT2D eigenvalue weighted by Gasteiger charge is 2.07. The summed E-state index contributed by atoms with van der Waals surface area (Å²) >= 11 is 1.71. The average Bonchev–Trinajstić information content (AvgIpc) is 3.03. The topological polar surface area (TPSA) is 49.3 Å². The molecule has 0 saturated carbocycles. The first-order valence-corrected chi connectivity index (χ1v) is 8.94. The summed E-state index contributed by atoms with van der Waals surface area (Å²) < 4.78 is 0. The van der Waals surface area contributed by atoms with Crippen molar-refractivity contribution in [3.63, 3.8) is 0 Å². The van der Waals surface area contributed by atoms with E-state index in [1.54, 1.807) is 18.4 Å². The molecule has 0 radical (unpaired) electrons. The predicted octanol–water partition coefficient (Wildman–Crippen LogP) is 3.48. The average molecular weight is 331 g/mol. The summed E-state index contributed by atoms with van der Waals surface area (Å²) in [6.45, 7) is 8.01. The number of nitrogens with one attached hydrogen (secondary N) is 2. The van der Waals surface area contributed by atoms with Crippen molar-refractivity contribution in [2.75, 3.05) is 13.6 Å². The van der Waals surface area contributed by atoms with Crippen molar-refractivity contribution in [3.05, 3.63) is 51.5 Å². The fraction of sp³-hybridized carbons (Fsp3) is 0.444. The van der Waals surface area contributed by atoms with Crippen molar-refractivity contribution in [2.24, 2.45) is 4.99 Å². The summed E-state index contributed by atoms with van der Waals surface area (Å²) in [6.07, 6.45) is 0.992. The molecule has 0 aliphatic rings. The highest BCUT2D eigenvalue weighted by atomic mass is 32.1. The number of aryl methyl sites for hydroxylation is 2. The predicted molar refractivity (Wildman–Crippen MR) is 99.3 cm³/mol. The van der Waals surface area contributed by atoms with Crippen molar-refractivity contribution in [3.8, 4) is 0 Å². The lowest BCUT2D eigenvalue weighted by Crippen LogP contribution is -2.38. The van der Waals surface area contributed by atoms with E-state index < -0.39 is 0 Å². The molecule has 5 heteroatoms. The highest BCUT2D eigenvalue weighted by molar-refractivity contribution is 7.09. The van der Waals surface area contributed by atoms with E-state index in [-0.39, 0.29) is 0 Å². The maximum atomic E-state index is 4.56. The van der Waals surface area contributed by atoms with E-state index in [0.29, 0.717) is 12.5 Å². The van der Waals surface area contributed by atoms with Crippen LogP contribution >= 0.6 is 11.3 Å². The monoisotopic (exact) mass is 330 g/mol. The van der Waals surface area contributed by atoms with Gasteiger partial charge in [-0.2, -0.15) is 0 Å². The zero-order valence-electron chi connectivity index (χ0n) is 14.4. The minimum Gasteiger partial charge on any atom is -0.356 e. The number of guanidine groups is 1. The number of hydrogen-bond acceptors (Lipinski definition) is 3. The molecule has 1 aromatic carbocycles. The van der Waals surface area contributed by atoms with Crippen LogP contribution in [-0.4, -0.2) is 24.5 Å². The number of aliphatic imine (C=N–C) groups is 1. The quantitative estimate of drug-likeness (QED) is 0.630. The fourth-order valence-electron chi connectivity index (χ4n) is 2.25. The van der Waals surface area contributed by atoms with Crippen LogP contribution in [-0.2, 0) is 13.0 Å². The Kier molecular flexibility index (Phi) is 6.59. The van der Waals surface area contributed by atoms with E-state index in [9.17, 15) is 0 Å². The first kappa shape index (κ1) is 17.5. The second-order valence-corrected chi connectivity index (χ2v) is 6.65. The van der Waals surface area contributed by atoms with Crippen LogP contribution in [0.1, 0.15) is 41.6 Å². The summed E-state index contributed by atoms with van der Waals surface area (Å²) in [5, 5.41) is 9.99. The standard InChI is InChI=1S/C18H26N4S/c1-5-17-22-16(12-23-17)11-21-18(19-4)20-10-14(3)15-8-6-13(2)7-9-15/h6-9,12,14H,5,10-11H2,1-4H3,(H2,19,20,21). The van der Waals surface area contributed by atoms with E-state index in [1.807, 2.05) is 0 Å². The molecular formula is C18H26N4S. The van der Waals surface area contributed by atoms with Gasteiger partial charge in [0.25, 0.3) is 0 Å². The summed E-state index contributed by atoms with van der Waals surface area (Å²) in [4.78, 5) is 8.84. The lowest BCUT2D eigenvalue weighted by Gasteiger charge is -2.16. The Morgan fingerprint density at radius 1 is 1.26 bits per heavy atom. The van der Waals surface area contributed by atoms with Crippen molar-refractivity contribution < 1.29 is 0 Å². The van der Waals surface area contributed by atoms with Gasteiger partial charge in [0.1, 0.15) is 0 Å². The lowest BCUT2D eigenvalue weighted by atomic mass is 10.0. The van der Waals surface area contributed by atoms with Gasteiger partial charge in [-0.3, -0.25) is 4.99 Å². The van der Waals surface area contributed by atoms with Crippen LogP contribution in [0.3, 0.4) is 0 Å². The number of hydrogen-bond donors (Lipinski definition) is 2. The Bertz CT molecular complexity index is 631. The third-order valence-electron chi connectivity index (χ3n) is 3.78. The first-order valence-electron chi connectivity index (χ1n) is 8.06. The second kappa shape index (κ2) is 8.67. The number of benzene rings is 1. The zero-order chi connectivity index (χ0) is 16.7. The molecule has 0 spiro atoms. The first-order chi connectivity index (χ1) is 11.1. The number of nitrogens with zero attached hydrogens (tertiary/aromatic N) is 2. The fourth-order valence-corrected chi connectivity index (χ4v) is 2.99. The van der Waals surface area contributed by atoms with Crippen LogP contribution in [0.15, 0.2) is 34.6 Å². The van der Waals surface area contributed by atoms with Crippen molar-refractivity contribution in [2.45, 2.75) is 39.7 Å². The normalized spacial score (nSPS) is 13.0. The third-order valence-corrected chi connectivity index (χ3v) is 4.83. The van der Waals surface area contributed by atoms with E-state index in [1.165, 1.54) is 16.1 Å². The molecular weight excluding hydrogens is 304 g/mol. The Morgan fingerprint density at radius 2 is 2.00 bits per heavy atom. The number of thiazole rings is 1. The molecule has 0 fully saturated rings. The molecule has 0 amide bonds. The Balaban J connectivity index is 1.81. The van der Waals surface area contributed by atoms with Gasteiger partial charge in [0.05, 0.1) is 17.2 Å². The van der Waals surface area contributed by atoms with Gasteiger partial charge >= 0.3 is 0 Å². The number of rotatable bonds is 6. The maximum Gasteiger partial charge on any atom is 0.191 e. The third kappa shape index (κ3) is 5.36. The van der Waals surface area contributed by atoms with E-state index >= 15 is 0 Å². The molecule has 2 N–H and O–H groups in total. The van der Waals surface area contributed by atoms with Crippen LogP contribution in [0.5, 0.6) is 0 Å². The van der Waals surface area contributed by atoms with Gasteiger partial charge in [-0.05, 0) is 24.8 Å². The summed E-state index contributed by atoms with van der Waals surface area (Å²) in [5.74, 6) is 1.25. The van der Waals surface area contributed by atoms with Crippen molar-refractivity contribution in [1.29, 1.82) is 0 Å². The molecule has 0 aliphatic carbocycles. The SMILES string of the molecule is CCc1nc(CNC(=NC)NCC(C)c2ccc(C)cc2)cs1. The van der Waals surface area contributed by atoms with Crippen LogP contribution in [0.25, 0.3) is 0 Å². The molecule has 1 unspecified atom stereocenters. The van der Waals surface area contributed by atoms with Gasteiger partial charge < -0.3 is 10.6 Å². The van der Waals surface area contributed by atoms with E-state index in [0.717, 1.165) is 24.6 Å². The van der Waals surface area contributed by atoms with Crippen molar-refractivity contribution >= 4 is 17.3 Å². The lowest BCUT2D eigenvalue weighted by molar-refractivity contribution is 0.697. The smallest absolute Gasteiger partial charge is 0.191 e.